The van der Waals surface area contributed by atoms with Gasteiger partial charge in [-0.05, 0) is 51.5 Å². The first kappa shape index (κ1) is 16.0. The van der Waals surface area contributed by atoms with Gasteiger partial charge in [0, 0.05) is 5.57 Å². The van der Waals surface area contributed by atoms with Gasteiger partial charge in [-0.15, -0.1) is 0 Å². The third kappa shape index (κ3) is 4.88. The van der Waals surface area contributed by atoms with Crippen LogP contribution < -0.4 is 0 Å². The Kier molecular flexibility index (Phi) is 5.08. The molecule has 0 atom stereocenters. The molecule has 0 aliphatic heterocycles. The molecular weight excluding hydrogens is 256 g/mol. The number of hydrogen-bond acceptors (Lipinski definition) is 4. The molecule has 0 unspecified atom stereocenters. The molecule has 0 heterocycles. The highest BCUT2D eigenvalue weighted by Gasteiger charge is 2.17. The highest BCUT2D eigenvalue weighted by atomic mass is 16.6. The molecule has 0 saturated heterocycles. The summed E-state index contributed by atoms with van der Waals surface area (Å²) in [4.78, 5) is 23.1. The van der Waals surface area contributed by atoms with Gasteiger partial charge >= 0.3 is 11.9 Å². The lowest BCUT2D eigenvalue weighted by molar-refractivity contribution is -0.149. The number of ether oxygens (including phenoxy) is 2. The van der Waals surface area contributed by atoms with Crippen molar-refractivity contribution in [2.24, 2.45) is 0 Å². The lowest BCUT2D eigenvalue weighted by Gasteiger charge is -2.19. The third-order valence-corrected chi connectivity index (χ3v) is 2.44. The zero-order chi connectivity index (χ0) is 15.3. The molecule has 0 aliphatic carbocycles. The Hall–Kier alpha value is -2.10. The van der Waals surface area contributed by atoms with Crippen molar-refractivity contribution in [2.45, 2.75) is 33.3 Å². The molecule has 0 saturated carbocycles. The van der Waals surface area contributed by atoms with E-state index >= 15 is 0 Å². The number of carbonyl (C=O) groups excluding carboxylic acids is 2. The van der Waals surface area contributed by atoms with Crippen LogP contribution in [0.5, 0.6) is 0 Å². The zero-order valence-electron chi connectivity index (χ0n) is 12.5. The standard InChI is InChI=1S/C16H20O4/c1-11(14(17)20-16(2,3)4)10-12-6-8-13(9-7-12)15(18)19-5/h6-10H,1-5H3. The summed E-state index contributed by atoms with van der Waals surface area (Å²) in [5.74, 6) is -0.737. The maximum Gasteiger partial charge on any atom is 0.337 e. The van der Waals surface area contributed by atoms with Gasteiger partial charge in [0.15, 0.2) is 0 Å². The fourth-order valence-electron chi connectivity index (χ4n) is 1.50. The summed E-state index contributed by atoms with van der Waals surface area (Å²) in [6.07, 6.45) is 1.72. The van der Waals surface area contributed by atoms with Crippen molar-refractivity contribution in [1.82, 2.24) is 0 Å². The number of esters is 2. The molecule has 0 radical (unpaired) electrons. The minimum absolute atomic E-state index is 0.352. The molecule has 1 rings (SSSR count). The fourth-order valence-corrected chi connectivity index (χ4v) is 1.50. The van der Waals surface area contributed by atoms with E-state index in [1.165, 1.54) is 7.11 Å². The molecule has 0 amide bonds. The molecule has 0 bridgehead atoms. The lowest BCUT2D eigenvalue weighted by Crippen LogP contribution is -2.24. The monoisotopic (exact) mass is 276 g/mol. The van der Waals surface area contributed by atoms with Crippen LogP contribution in [0.15, 0.2) is 29.8 Å². The van der Waals surface area contributed by atoms with Gasteiger partial charge in [0.1, 0.15) is 5.60 Å². The van der Waals surface area contributed by atoms with Gasteiger partial charge < -0.3 is 9.47 Å². The molecule has 0 aliphatic rings. The van der Waals surface area contributed by atoms with Crippen LogP contribution in [0.2, 0.25) is 0 Å². The average Bonchev–Trinajstić information content (AvgIpc) is 2.36. The summed E-state index contributed by atoms with van der Waals surface area (Å²) in [7, 11) is 1.34. The van der Waals surface area contributed by atoms with Crippen molar-refractivity contribution in [1.29, 1.82) is 0 Å². The lowest BCUT2D eigenvalue weighted by atomic mass is 10.1. The normalized spacial score (nSPS) is 11.9. The van der Waals surface area contributed by atoms with Gasteiger partial charge in [0.05, 0.1) is 12.7 Å². The van der Waals surface area contributed by atoms with E-state index in [0.717, 1.165) is 5.56 Å². The zero-order valence-corrected chi connectivity index (χ0v) is 12.5. The smallest absolute Gasteiger partial charge is 0.337 e. The van der Waals surface area contributed by atoms with Gasteiger partial charge in [-0.2, -0.15) is 0 Å². The first-order valence-electron chi connectivity index (χ1n) is 6.33. The molecular formula is C16H20O4. The summed E-state index contributed by atoms with van der Waals surface area (Å²) in [6.45, 7) is 7.16. The summed E-state index contributed by atoms with van der Waals surface area (Å²) < 4.78 is 9.89. The molecule has 1 aromatic carbocycles. The molecule has 1 aromatic rings. The van der Waals surface area contributed by atoms with Gasteiger partial charge in [-0.25, -0.2) is 9.59 Å². The molecule has 108 valence electrons. The van der Waals surface area contributed by atoms with Crippen molar-refractivity contribution in [3.63, 3.8) is 0 Å². The Labute approximate surface area is 119 Å². The molecule has 0 fully saturated rings. The molecule has 20 heavy (non-hydrogen) atoms. The van der Waals surface area contributed by atoms with E-state index in [1.54, 1.807) is 37.3 Å². The van der Waals surface area contributed by atoms with E-state index in [4.69, 9.17) is 4.74 Å². The largest absolute Gasteiger partial charge is 0.465 e. The number of benzene rings is 1. The van der Waals surface area contributed by atoms with Crippen LogP contribution in [0.3, 0.4) is 0 Å². The molecule has 0 spiro atoms. The summed E-state index contributed by atoms with van der Waals surface area (Å²) in [5.41, 5.74) is 1.28. The Morgan fingerprint density at radius 3 is 2.10 bits per heavy atom. The SMILES string of the molecule is COC(=O)c1ccc(C=C(C)C(=O)OC(C)(C)C)cc1. The number of methoxy groups -OCH3 is 1. The van der Waals surface area contributed by atoms with E-state index in [2.05, 4.69) is 4.74 Å². The Morgan fingerprint density at radius 1 is 1.10 bits per heavy atom. The van der Waals surface area contributed by atoms with Gasteiger partial charge in [-0.1, -0.05) is 12.1 Å². The van der Waals surface area contributed by atoms with E-state index in [0.29, 0.717) is 11.1 Å². The summed E-state index contributed by atoms with van der Waals surface area (Å²) in [5, 5.41) is 0. The highest BCUT2D eigenvalue weighted by Crippen LogP contribution is 2.14. The number of rotatable bonds is 3. The van der Waals surface area contributed by atoms with Gasteiger partial charge in [-0.3, -0.25) is 0 Å². The van der Waals surface area contributed by atoms with E-state index in [1.807, 2.05) is 20.8 Å². The van der Waals surface area contributed by atoms with Crippen LogP contribution in [-0.4, -0.2) is 24.6 Å². The highest BCUT2D eigenvalue weighted by molar-refractivity contribution is 5.93. The van der Waals surface area contributed by atoms with Crippen LogP contribution in [0, 0.1) is 0 Å². The summed E-state index contributed by atoms with van der Waals surface area (Å²) in [6, 6.07) is 6.81. The second-order valence-corrected chi connectivity index (χ2v) is 5.44. The number of carbonyl (C=O) groups is 2. The van der Waals surface area contributed by atoms with Crippen molar-refractivity contribution < 1.29 is 19.1 Å². The van der Waals surface area contributed by atoms with Crippen molar-refractivity contribution >= 4 is 18.0 Å². The quantitative estimate of drug-likeness (QED) is 0.628. The average molecular weight is 276 g/mol. The third-order valence-electron chi connectivity index (χ3n) is 2.44. The maximum absolute atomic E-state index is 11.8. The molecule has 0 N–H and O–H groups in total. The predicted molar refractivity (Wildman–Crippen MR) is 77.3 cm³/mol. The minimum Gasteiger partial charge on any atom is -0.465 e. The molecule has 4 nitrogen and oxygen atoms in total. The first-order valence-corrected chi connectivity index (χ1v) is 6.33. The summed E-state index contributed by atoms with van der Waals surface area (Å²) >= 11 is 0. The van der Waals surface area contributed by atoms with E-state index < -0.39 is 5.60 Å². The second kappa shape index (κ2) is 6.37. The van der Waals surface area contributed by atoms with Crippen molar-refractivity contribution in [3.05, 3.63) is 41.0 Å². The Morgan fingerprint density at radius 2 is 1.65 bits per heavy atom. The first-order chi connectivity index (χ1) is 9.23. The van der Waals surface area contributed by atoms with Crippen molar-refractivity contribution in [2.75, 3.05) is 7.11 Å². The van der Waals surface area contributed by atoms with Crippen molar-refractivity contribution in [3.8, 4) is 0 Å². The Balaban J connectivity index is 2.83. The van der Waals surface area contributed by atoms with Crippen LogP contribution in [0.1, 0.15) is 43.6 Å². The van der Waals surface area contributed by atoms with Crippen LogP contribution in [-0.2, 0) is 14.3 Å². The Bertz CT molecular complexity index is 518. The van der Waals surface area contributed by atoms with E-state index in [9.17, 15) is 9.59 Å². The fraction of sp³-hybridized carbons (Fsp3) is 0.375. The van der Waals surface area contributed by atoms with Crippen LogP contribution in [0.25, 0.3) is 6.08 Å². The minimum atomic E-state index is -0.513. The van der Waals surface area contributed by atoms with E-state index in [-0.39, 0.29) is 11.9 Å². The van der Waals surface area contributed by atoms with Gasteiger partial charge in [0.2, 0.25) is 0 Å². The van der Waals surface area contributed by atoms with Crippen LogP contribution in [0.4, 0.5) is 0 Å². The van der Waals surface area contributed by atoms with Crippen LogP contribution >= 0.6 is 0 Å². The maximum atomic E-state index is 11.8. The molecule has 0 aromatic heterocycles. The number of hydrogen-bond donors (Lipinski definition) is 0. The second-order valence-electron chi connectivity index (χ2n) is 5.44. The predicted octanol–water partition coefficient (Wildman–Crippen LogP) is 3.22. The molecule has 4 heteroatoms. The topological polar surface area (TPSA) is 52.6 Å². The van der Waals surface area contributed by atoms with Gasteiger partial charge in [0.25, 0.3) is 0 Å².